The third-order valence-electron chi connectivity index (χ3n) is 7.97. The number of aliphatic carboxylic acids is 1. The van der Waals surface area contributed by atoms with Crippen molar-refractivity contribution in [1.29, 1.82) is 0 Å². The third-order valence-corrected chi connectivity index (χ3v) is 7.97. The van der Waals surface area contributed by atoms with E-state index in [9.17, 15) is 14.7 Å². The molecule has 5 heteroatoms. The van der Waals surface area contributed by atoms with Gasteiger partial charge in [-0.1, -0.05) is 67.8 Å². The van der Waals surface area contributed by atoms with Crippen molar-refractivity contribution in [2.45, 2.75) is 62.8 Å². The van der Waals surface area contributed by atoms with Crippen LogP contribution >= 0.6 is 0 Å². The summed E-state index contributed by atoms with van der Waals surface area (Å²) >= 11 is 0. The molecule has 0 aliphatic heterocycles. The van der Waals surface area contributed by atoms with Gasteiger partial charge in [0.05, 0.1) is 12.0 Å². The number of ether oxygens (including phenoxy) is 1. The van der Waals surface area contributed by atoms with E-state index in [0.29, 0.717) is 6.42 Å². The van der Waals surface area contributed by atoms with Gasteiger partial charge in [0.1, 0.15) is 6.61 Å². The Labute approximate surface area is 182 Å². The van der Waals surface area contributed by atoms with Crippen LogP contribution in [0.3, 0.4) is 0 Å². The van der Waals surface area contributed by atoms with Crippen LogP contribution in [0.15, 0.2) is 48.5 Å². The molecule has 2 aromatic rings. The van der Waals surface area contributed by atoms with E-state index in [-0.39, 0.29) is 24.4 Å². The topological polar surface area (TPSA) is 75.6 Å². The van der Waals surface area contributed by atoms with Gasteiger partial charge in [-0.15, -0.1) is 0 Å². The molecule has 5 rings (SSSR count). The SMILES string of the molecule is O=C(O)CC1(NC(=O)OCC2c3ccccc3-c3ccccc32)CCCC12CCCC2. The molecule has 1 amide bonds. The first-order valence-corrected chi connectivity index (χ1v) is 11.4. The first kappa shape index (κ1) is 20.1. The minimum absolute atomic E-state index is 0.00223. The molecule has 162 valence electrons. The normalized spacial score (nSPS) is 23.5. The van der Waals surface area contributed by atoms with Gasteiger partial charge in [-0.3, -0.25) is 4.79 Å². The number of nitrogens with one attached hydrogen (secondary N) is 1. The van der Waals surface area contributed by atoms with E-state index in [1.54, 1.807) is 0 Å². The summed E-state index contributed by atoms with van der Waals surface area (Å²) in [6.07, 6.45) is 6.33. The van der Waals surface area contributed by atoms with Crippen molar-refractivity contribution in [3.8, 4) is 11.1 Å². The molecule has 3 aliphatic carbocycles. The van der Waals surface area contributed by atoms with Gasteiger partial charge in [0, 0.05) is 5.92 Å². The van der Waals surface area contributed by atoms with Gasteiger partial charge >= 0.3 is 12.1 Å². The van der Waals surface area contributed by atoms with E-state index in [4.69, 9.17) is 4.74 Å². The Kier molecular flexibility index (Phi) is 4.99. The minimum atomic E-state index is -0.855. The van der Waals surface area contributed by atoms with Gasteiger partial charge in [-0.25, -0.2) is 4.79 Å². The summed E-state index contributed by atoms with van der Waals surface area (Å²) in [6.45, 7) is 0.246. The molecule has 31 heavy (non-hydrogen) atoms. The summed E-state index contributed by atoms with van der Waals surface area (Å²) in [5, 5.41) is 12.7. The molecular weight excluding hydrogens is 390 g/mol. The van der Waals surface area contributed by atoms with Crippen LogP contribution in [0.1, 0.15) is 68.4 Å². The Balaban J connectivity index is 1.34. The smallest absolute Gasteiger partial charge is 0.407 e. The van der Waals surface area contributed by atoms with E-state index >= 15 is 0 Å². The number of rotatable bonds is 5. The summed E-state index contributed by atoms with van der Waals surface area (Å²) < 4.78 is 5.77. The van der Waals surface area contributed by atoms with Crippen LogP contribution < -0.4 is 5.32 Å². The second kappa shape index (κ2) is 7.70. The summed E-state index contributed by atoms with van der Waals surface area (Å²) in [7, 11) is 0. The number of carboxylic acids is 1. The number of benzene rings is 2. The van der Waals surface area contributed by atoms with Crippen LogP contribution in [-0.2, 0) is 9.53 Å². The fraction of sp³-hybridized carbons (Fsp3) is 0.462. The molecule has 2 aromatic carbocycles. The fourth-order valence-corrected chi connectivity index (χ4v) is 6.62. The predicted octanol–water partition coefficient (Wildman–Crippen LogP) is 5.48. The largest absolute Gasteiger partial charge is 0.481 e. The number of amides is 1. The predicted molar refractivity (Wildman–Crippen MR) is 118 cm³/mol. The van der Waals surface area contributed by atoms with E-state index in [1.807, 2.05) is 24.3 Å². The van der Waals surface area contributed by atoms with Gasteiger partial charge in [0.2, 0.25) is 0 Å². The number of fused-ring (bicyclic) bond motifs is 3. The molecule has 0 radical (unpaired) electrons. The van der Waals surface area contributed by atoms with Crippen molar-refractivity contribution < 1.29 is 19.4 Å². The van der Waals surface area contributed by atoms with E-state index in [1.165, 1.54) is 22.3 Å². The van der Waals surface area contributed by atoms with Crippen LogP contribution in [-0.4, -0.2) is 29.3 Å². The Morgan fingerprint density at radius 3 is 2.10 bits per heavy atom. The summed E-state index contributed by atoms with van der Waals surface area (Å²) in [5.74, 6) is -0.857. The average Bonchev–Trinajstić information content (AvgIpc) is 3.44. The van der Waals surface area contributed by atoms with Crippen LogP contribution in [0.4, 0.5) is 4.79 Å². The maximum Gasteiger partial charge on any atom is 0.407 e. The van der Waals surface area contributed by atoms with Crippen LogP contribution in [0.2, 0.25) is 0 Å². The lowest BCUT2D eigenvalue weighted by Gasteiger charge is -2.43. The first-order valence-electron chi connectivity index (χ1n) is 11.4. The Hall–Kier alpha value is -2.82. The zero-order valence-electron chi connectivity index (χ0n) is 17.7. The first-order chi connectivity index (χ1) is 15.0. The molecule has 0 bridgehead atoms. The lowest BCUT2D eigenvalue weighted by Crippen LogP contribution is -2.57. The van der Waals surface area contributed by atoms with Crippen molar-refractivity contribution in [3.05, 3.63) is 59.7 Å². The van der Waals surface area contributed by atoms with Crippen molar-refractivity contribution in [2.24, 2.45) is 5.41 Å². The molecule has 0 heterocycles. The average molecular weight is 420 g/mol. The van der Waals surface area contributed by atoms with Crippen molar-refractivity contribution >= 4 is 12.1 Å². The van der Waals surface area contributed by atoms with Crippen molar-refractivity contribution in [1.82, 2.24) is 5.32 Å². The summed E-state index contributed by atoms with van der Waals surface area (Å²) in [4.78, 5) is 24.7. The number of hydrogen-bond acceptors (Lipinski definition) is 3. The third kappa shape index (κ3) is 3.31. The molecular formula is C26H29NO4. The highest BCUT2D eigenvalue weighted by molar-refractivity contribution is 5.79. The van der Waals surface area contributed by atoms with E-state index in [2.05, 4.69) is 29.6 Å². The quantitative estimate of drug-likeness (QED) is 0.673. The zero-order valence-corrected chi connectivity index (χ0v) is 17.7. The minimum Gasteiger partial charge on any atom is -0.481 e. The van der Waals surface area contributed by atoms with Gasteiger partial charge in [0.15, 0.2) is 0 Å². The highest BCUT2D eigenvalue weighted by atomic mass is 16.5. The lowest BCUT2D eigenvalue weighted by molar-refractivity contribution is -0.140. The second-order valence-corrected chi connectivity index (χ2v) is 9.44. The Morgan fingerprint density at radius 1 is 0.903 bits per heavy atom. The number of carboxylic acid groups (broad SMARTS) is 1. The molecule has 0 saturated heterocycles. The monoisotopic (exact) mass is 419 g/mol. The zero-order chi connectivity index (χ0) is 21.5. The van der Waals surface area contributed by atoms with Gasteiger partial charge in [-0.2, -0.15) is 0 Å². The maximum atomic E-state index is 13.0. The molecule has 1 unspecified atom stereocenters. The number of carbonyl (C=O) groups is 2. The maximum absolute atomic E-state index is 13.0. The van der Waals surface area contributed by atoms with E-state index in [0.717, 1.165) is 38.5 Å². The highest BCUT2D eigenvalue weighted by Gasteiger charge is 2.57. The van der Waals surface area contributed by atoms with Crippen LogP contribution in [0, 0.1) is 5.41 Å². The summed E-state index contributed by atoms with van der Waals surface area (Å²) in [6, 6.07) is 16.5. The molecule has 1 spiro atoms. The molecule has 2 fully saturated rings. The molecule has 2 saturated carbocycles. The van der Waals surface area contributed by atoms with Gasteiger partial charge < -0.3 is 15.2 Å². The van der Waals surface area contributed by atoms with Gasteiger partial charge in [-0.05, 0) is 53.4 Å². The summed E-state index contributed by atoms with van der Waals surface area (Å²) in [5.41, 5.74) is 3.93. The number of carbonyl (C=O) groups excluding carboxylic acids is 1. The Bertz CT molecular complexity index is 959. The Morgan fingerprint density at radius 2 is 1.48 bits per heavy atom. The second-order valence-electron chi connectivity index (χ2n) is 9.44. The standard InChI is InChI=1S/C26H29NO4/c28-23(29)16-26(15-7-14-25(26)12-5-6-13-25)27-24(30)31-17-22-20-10-3-1-8-18(20)19-9-2-4-11-21(19)22/h1-4,8-11,22H,5-7,12-17H2,(H,27,30)(H,28,29). The molecule has 3 aliphatic rings. The number of hydrogen-bond donors (Lipinski definition) is 2. The fourth-order valence-electron chi connectivity index (χ4n) is 6.62. The molecule has 0 aromatic heterocycles. The van der Waals surface area contributed by atoms with Crippen LogP contribution in [0.25, 0.3) is 11.1 Å². The van der Waals surface area contributed by atoms with Crippen molar-refractivity contribution in [3.63, 3.8) is 0 Å². The molecule has 1 atom stereocenters. The number of alkyl carbamates (subject to hydrolysis) is 1. The highest BCUT2D eigenvalue weighted by Crippen LogP contribution is 2.57. The molecule has 5 nitrogen and oxygen atoms in total. The van der Waals surface area contributed by atoms with Crippen LogP contribution in [0.5, 0.6) is 0 Å². The van der Waals surface area contributed by atoms with E-state index < -0.39 is 17.6 Å². The van der Waals surface area contributed by atoms with Gasteiger partial charge in [0.25, 0.3) is 0 Å². The van der Waals surface area contributed by atoms with Crippen molar-refractivity contribution in [2.75, 3.05) is 6.61 Å². The lowest BCUT2D eigenvalue weighted by atomic mass is 9.68. The molecule has 2 N–H and O–H groups in total.